The first kappa shape index (κ1) is 26.3. The van der Waals surface area contributed by atoms with E-state index in [9.17, 15) is 9.59 Å². The zero-order valence-electron chi connectivity index (χ0n) is 22.7. The number of fused-ring (bicyclic) bond motifs is 2. The van der Waals surface area contributed by atoms with E-state index in [4.69, 9.17) is 4.74 Å². The summed E-state index contributed by atoms with van der Waals surface area (Å²) in [4.78, 5) is 28.7. The van der Waals surface area contributed by atoms with Crippen LogP contribution in [-0.2, 0) is 24.8 Å². The maximum absolute atomic E-state index is 13.5. The van der Waals surface area contributed by atoms with E-state index >= 15 is 0 Å². The molecule has 0 saturated carbocycles. The van der Waals surface area contributed by atoms with Gasteiger partial charge in [-0.2, -0.15) is 0 Å². The van der Waals surface area contributed by atoms with Crippen LogP contribution in [0.5, 0.6) is 5.75 Å². The first-order valence-electron chi connectivity index (χ1n) is 14.1. The Balaban J connectivity index is 1.25. The van der Waals surface area contributed by atoms with Gasteiger partial charge in [-0.25, -0.2) is 0 Å². The summed E-state index contributed by atoms with van der Waals surface area (Å²) in [7, 11) is 2.14. The van der Waals surface area contributed by atoms with Gasteiger partial charge >= 0.3 is 0 Å². The molecule has 7 nitrogen and oxygen atoms in total. The van der Waals surface area contributed by atoms with Crippen LogP contribution in [0.2, 0.25) is 0 Å². The predicted molar refractivity (Wildman–Crippen MR) is 150 cm³/mol. The van der Waals surface area contributed by atoms with Crippen LogP contribution in [0.3, 0.4) is 0 Å². The number of likely N-dealkylation sites (tertiary alicyclic amines) is 1. The van der Waals surface area contributed by atoms with Crippen LogP contribution in [0.25, 0.3) is 10.9 Å². The lowest BCUT2D eigenvalue weighted by atomic mass is 9.73. The van der Waals surface area contributed by atoms with Crippen LogP contribution >= 0.6 is 0 Å². The maximum atomic E-state index is 13.5. The van der Waals surface area contributed by atoms with Gasteiger partial charge in [-0.15, -0.1) is 0 Å². The van der Waals surface area contributed by atoms with Crippen molar-refractivity contribution in [2.45, 2.75) is 52.0 Å². The van der Waals surface area contributed by atoms with Crippen LogP contribution in [0.15, 0.2) is 48.7 Å². The fourth-order valence-electron chi connectivity index (χ4n) is 6.20. The Labute approximate surface area is 225 Å². The highest BCUT2D eigenvalue weighted by Gasteiger charge is 2.40. The van der Waals surface area contributed by atoms with Gasteiger partial charge in [-0.3, -0.25) is 14.5 Å². The molecule has 1 spiro atoms. The van der Waals surface area contributed by atoms with Crippen molar-refractivity contribution in [2.24, 2.45) is 12.5 Å². The molecule has 0 aliphatic carbocycles. The second-order valence-corrected chi connectivity index (χ2v) is 10.8. The van der Waals surface area contributed by atoms with Crippen molar-refractivity contribution < 1.29 is 14.3 Å². The third kappa shape index (κ3) is 5.44. The summed E-state index contributed by atoms with van der Waals surface area (Å²) in [6, 6.07) is 13.9. The number of piperidine rings is 1. The van der Waals surface area contributed by atoms with Gasteiger partial charge in [0.25, 0.3) is 5.91 Å². The molecule has 0 unspecified atom stereocenters. The normalized spacial score (nSPS) is 19.3. The number of amides is 2. The number of para-hydroxylation sites is 2. The fraction of sp³-hybridized carbons (Fsp3) is 0.484. The molecule has 38 heavy (non-hydrogen) atoms. The summed E-state index contributed by atoms with van der Waals surface area (Å²) >= 11 is 0. The number of hydrogen-bond acceptors (Lipinski definition) is 4. The van der Waals surface area contributed by atoms with Gasteiger partial charge in [-0.05, 0) is 68.5 Å². The predicted octanol–water partition coefficient (Wildman–Crippen LogP) is 4.43. The van der Waals surface area contributed by atoms with Gasteiger partial charge in [0.05, 0.1) is 23.0 Å². The lowest BCUT2D eigenvalue weighted by molar-refractivity contribution is -0.134. The molecule has 2 aliphatic rings. The molecule has 5 rings (SSSR count). The van der Waals surface area contributed by atoms with E-state index in [-0.39, 0.29) is 17.2 Å². The summed E-state index contributed by atoms with van der Waals surface area (Å²) in [6.45, 7) is 6.27. The number of rotatable bonds is 3. The van der Waals surface area contributed by atoms with E-state index in [1.807, 2.05) is 12.1 Å². The molecule has 0 radical (unpaired) electrons. The molecular weight excluding hydrogens is 476 g/mol. The van der Waals surface area contributed by atoms with Crippen LogP contribution in [-0.4, -0.2) is 54.1 Å². The Morgan fingerprint density at radius 3 is 2.55 bits per heavy atom. The molecule has 2 aromatic carbocycles. The highest BCUT2D eigenvalue weighted by molar-refractivity contribution is 5.96. The minimum absolute atomic E-state index is 0.107. The molecule has 1 fully saturated rings. The van der Waals surface area contributed by atoms with Crippen molar-refractivity contribution in [3.8, 4) is 5.75 Å². The zero-order valence-corrected chi connectivity index (χ0v) is 22.7. The summed E-state index contributed by atoms with van der Waals surface area (Å²) in [5, 5.41) is 7.52. The van der Waals surface area contributed by atoms with Gasteiger partial charge in [0.1, 0.15) is 12.4 Å². The highest BCUT2D eigenvalue weighted by atomic mass is 16.5. The second kappa shape index (κ2) is 11.6. The third-order valence-corrected chi connectivity index (χ3v) is 8.38. The molecular formula is C31H40N4O3. The zero-order chi connectivity index (χ0) is 26.5. The topological polar surface area (TPSA) is 75.6 Å². The molecule has 2 amide bonds. The number of nitrogens with one attached hydrogen (secondary N) is 2. The highest BCUT2D eigenvalue weighted by Crippen LogP contribution is 2.38. The molecule has 0 bridgehead atoms. The lowest BCUT2D eigenvalue weighted by Gasteiger charge is -2.41. The number of hydrogen-bond donors (Lipinski definition) is 2. The Morgan fingerprint density at radius 1 is 0.921 bits per heavy atom. The van der Waals surface area contributed by atoms with Crippen molar-refractivity contribution in [1.29, 1.82) is 0 Å². The molecule has 202 valence electrons. The molecule has 2 aliphatic heterocycles. The van der Waals surface area contributed by atoms with Crippen molar-refractivity contribution in [3.05, 3.63) is 65.4 Å². The van der Waals surface area contributed by atoms with Crippen LogP contribution in [0.4, 0.5) is 0 Å². The van der Waals surface area contributed by atoms with Gasteiger partial charge in [-0.1, -0.05) is 43.7 Å². The van der Waals surface area contributed by atoms with Crippen molar-refractivity contribution in [1.82, 2.24) is 20.1 Å². The Kier molecular flexibility index (Phi) is 8.03. The summed E-state index contributed by atoms with van der Waals surface area (Å²) < 4.78 is 8.14. The van der Waals surface area contributed by atoms with E-state index in [0.717, 1.165) is 58.2 Å². The molecule has 2 N–H and O–H groups in total. The molecule has 0 atom stereocenters. The van der Waals surface area contributed by atoms with Crippen LogP contribution in [0.1, 0.15) is 60.5 Å². The Morgan fingerprint density at radius 2 is 1.74 bits per heavy atom. The minimum atomic E-state index is -0.364. The fourth-order valence-corrected chi connectivity index (χ4v) is 6.20. The molecule has 1 aromatic heterocycles. The standard InChI is InChI=1S/C31H40N4O3/c1-3-23-9-8-11-25-24(21-34(2)28(23)25)22-35-18-14-31(15-19-35)13-6-7-16-32-29(36)26-10-4-5-12-27(26)38-20-17-33-30(31)37/h4-5,8-12,21H,3,6-7,13-20,22H2,1-2H3,(H,32,36)(H,33,37). The minimum Gasteiger partial charge on any atom is -0.491 e. The Hall–Kier alpha value is -3.32. The van der Waals surface area contributed by atoms with Gasteiger partial charge < -0.3 is 19.9 Å². The summed E-state index contributed by atoms with van der Waals surface area (Å²) in [5.74, 6) is 0.593. The molecule has 3 aromatic rings. The smallest absolute Gasteiger partial charge is 0.255 e. The largest absolute Gasteiger partial charge is 0.491 e. The van der Waals surface area contributed by atoms with E-state index in [1.165, 1.54) is 22.0 Å². The van der Waals surface area contributed by atoms with E-state index < -0.39 is 0 Å². The van der Waals surface area contributed by atoms with E-state index in [2.05, 4.69) is 58.5 Å². The number of nitrogens with zero attached hydrogens (tertiary/aromatic N) is 2. The Bertz CT molecular complexity index is 1290. The lowest BCUT2D eigenvalue weighted by Crippen LogP contribution is -2.49. The SMILES string of the molecule is CCc1cccc2c(CN3CCC4(CCCCNC(=O)c5ccccc5OCCNC4=O)CC3)cn(C)c12. The number of benzene rings is 2. The van der Waals surface area contributed by atoms with Gasteiger partial charge in [0.2, 0.25) is 5.91 Å². The number of aromatic nitrogens is 1. The maximum Gasteiger partial charge on any atom is 0.255 e. The summed E-state index contributed by atoms with van der Waals surface area (Å²) in [5.41, 5.74) is 4.25. The van der Waals surface area contributed by atoms with Crippen molar-refractivity contribution in [2.75, 3.05) is 32.8 Å². The average molecular weight is 517 g/mol. The monoisotopic (exact) mass is 516 g/mol. The van der Waals surface area contributed by atoms with Crippen LogP contribution < -0.4 is 15.4 Å². The summed E-state index contributed by atoms with van der Waals surface area (Å²) in [6.07, 6.45) is 7.60. The second-order valence-electron chi connectivity index (χ2n) is 10.8. The third-order valence-electron chi connectivity index (χ3n) is 8.38. The number of ether oxygens (including phenoxy) is 1. The van der Waals surface area contributed by atoms with E-state index in [1.54, 1.807) is 12.1 Å². The van der Waals surface area contributed by atoms with E-state index in [0.29, 0.717) is 31.0 Å². The average Bonchev–Trinajstić information content (AvgIpc) is 3.26. The molecule has 7 heteroatoms. The van der Waals surface area contributed by atoms with Gasteiger partial charge in [0, 0.05) is 31.7 Å². The first-order chi connectivity index (χ1) is 18.5. The number of carbonyl (C=O) groups is 2. The number of aryl methyl sites for hydroxylation is 2. The molecule has 3 heterocycles. The first-order valence-corrected chi connectivity index (χ1v) is 14.1. The molecule has 1 saturated heterocycles. The quantitative estimate of drug-likeness (QED) is 0.540. The van der Waals surface area contributed by atoms with Crippen molar-refractivity contribution >= 4 is 22.7 Å². The van der Waals surface area contributed by atoms with Crippen molar-refractivity contribution in [3.63, 3.8) is 0 Å². The van der Waals surface area contributed by atoms with Crippen LogP contribution in [0, 0.1) is 5.41 Å². The van der Waals surface area contributed by atoms with Gasteiger partial charge in [0.15, 0.2) is 0 Å². The number of carbonyl (C=O) groups excluding carboxylic acids is 2.